The Balaban J connectivity index is 2.18. The fourth-order valence-corrected chi connectivity index (χ4v) is 2.51. The van der Waals surface area contributed by atoms with E-state index in [2.05, 4.69) is 35.1 Å². The third-order valence-electron chi connectivity index (χ3n) is 3.35. The Bertz CT molecular complexity index is 332. The van der Waals surface area contributed by atoms with Crippen LogP contribution in [0.1, 0.15) is 25.3 Å². The first-order valence-electron chi connectivity index (χ1n) is 6.21. The Labute approximate surface area is 97.9 Å². The van der Waals surface area contributed by atoms with Gasteiger partial charge in [0.1, 0.15) is 0 Å². The molecule has 1 aromatic rings. The van der Waals surface area contributed by atoms with Gasteiger partial charge >= 0.3 is 0 Å². The number of aryl methyl sites for hydroxylation is 1. The van der Waals surface area contributed by atoms with Crippen LogP contribution in [0.4, 0.5) is 5.69 Å². The highest BCUT2D eigenvalue weighted by Crippen LogP contribution is 2.23. The largest absolute Gasteiger partial charge is 0.367 e. The summed E-state index contributed by atoms with van der Waals surface area (Å²) in [6.07, 6.45) is 6.42. The minimum atomic E-state index is 0.639. The van der Waals surface area contributed by atoms with E-state index in [1.54, 1.807) is 0 Å². The highest BCUT2D eigenvalue weighted by atomic mass is 15.2. The average molecular weight is 219 g/mol. The van der Waals surface area contributed by atoms with Gasteiger partial charge in [-0.2, -0.15) is 0 Å². The number of pyridine rings is 1. The highest BCUT2D eigenvalue weighted by Gasteiger charge is 2.20. The van der Waals surface area contributed by atoms with Crippen molar-refractivity contribution in [3.05, 3.63) is 24.0 Å². The maximum Gasteiger partial charge on any atom is 0.0429 e. The van der Waals surface area contributed by atoms with Gasteiger partial charge in [0.05, 0.1) is 0 Å². The van der Waals surface area contributed by atoms with Gasteiger partial charge in [-0.1, -0.05) is 0 Å². The van der Waals surface area contributed by atoms with Crippen LogP contribution < -0.4 is 10.2 Å². The number of hydrogen-bond donors (Lipinski definition) is 1. The number of hydrogen-bond acceptors (Lipinski definition) is 3. The summed E-state index contributed by atoms with van der Waals surface area (Å²) < 4.78 is 0. The molecule has 0 aromatic carbocycles. The van der Waals surface area contributed by atoms with Gasteiger partial charge in [0.25, 0.3) is 0 Å². The Hall–Kier alpha value is -1.09. The summed E-state index contributed by atoms with van der Waals surface area (Å²) >= 11 is 0. The second-order valence-corrected chi connectivity index (χ2v) is 4.45. The van der Waals surface area contributed by atoms with Gasteiger partial charge < -0.3 is 10.2 Å². The highest BCUT2D eigenvalue weighted by molar-refractivity contribution is 5.52. The lowest BCUT2D eigenvalue weighted by Crippen LogP contribution is -2.46. The van der Waals surface area contributed by atoms with Crippen molar-refractivity contribution in [2.45, 2.75) is 32.7 Å². The van der Waals surface area contributed by atoms with Crippen molar-refractivity contribution >= 4 is 5.69 Å². The van der Waals surface area contributed by atoms with Gasteiger partial charge in [0, 0.05) is 37.2 Å². The van der Waals surface area contributed by atoms with Crippen LogP contribution in [0.2, 0.25) is 0 Å². The number of nitrogens with one attached hydrogen (secondary N) is 1. The monoisotopic (exact) mass is 219 g/mol. The number of rotatable bonds is 3. The van der Waals surface area contributed by atoms with Crippen LogP contribution in [0, 0.1) is 6.92 Å². The van der Waals surface area contributed by atoms with E-state index in [1.165, 1.54) is 30.6 Å². The summed E-state index contributed by atoms with van der Waals surface area (Å²) in [5, 5.41) is 3.48. The van der Waals surface area contributed by atoms with Gasteiger partial charge in [-0.05, 0) is 44.9 Å². The van der Waals surface area contributed by atoms with E-state index in [0.29, 0.717) is 6.04 Å². The normalized spacial score (nSPS) is 20.8. The lowest BCUT2D eigenvalue weighted by molar-refractivity contribution is 0.435. The Kier molecular flexibility index (Phi) is 3.78. The maximum atomic E-state index is 4.16. The van der Waals surface area contributed by atoms with Crippen LogP contribution in [-0.2, 0) is 0 Å². The number of anilines is 1. The molecule has 1 aromatic heterocycles. The molecule has 0 amide bonds. The zero-order valence-electron chi connectivity index (χ0n) is 10.2. The molecule has 2 rings (SSSR count). The van der Waals surface area contributed by atoms with E-state index >= 15 is 0 Å². The smallest absolute Gasteiger partial charge is 0.0429 e. The van der Waals surface area contributed by atoms with E-state index in [4.69, 9.17) is 0 Å². The van der Waals surface area contributed by atoms with E-state index in [9.17, 15) is 0 Å². The molecule has 1 N–H and O–H groups in total. The molecule has 1 atom stereocenters. The topological polar surface area (TPSA) is 28.2 Å². The molecule has 1 unspecified atom stereocenters. The molecule has 1 saturated heterocycles. The minimum Gasteiger partial charge on any atom is -0.367 e. The minimum absolute atomic E-state index is 0.639. The number of nitrogens with zero attached hydrogens (tertiary/aromatic N) is 2. The molecule has 3 nitrogen and oxygen atoms in total. The van der Waals surface area contributed by atoms with E-state index in [-0.39, 0.29) is 0 Å². The lowest BCUT2D eigenvalue weighted by atomic mass is 10.0. The van der Waals surface area contributed by atoms with Crippen LogP contribution in [0.15, 0.2) is 18.5 Å². The SMILES string of the molecule is CCN(c1ccncc1C)C1CCCNC1. The third kappa shape index (κ3) is 2.35. The van der Waals surface area contributed by atoms with E-state index in [1.807, 2.05) is 12.4 Å². The molecular weight excluding hydrogens is 198 g/mol. The zero-order valence-corrected chi connectivity index (χ0v) is 10.2. The first-order chi connectivity index (χ1) is 7.83. The summed E-state index contributed by atoms with van der Waals surface area (Å²) in [5.74, 6) is 0. The van der Waals surface area contributed by atoms with Crippen molar-refractivity contribution < 1.29 is 0 Å². The quantitative estimate of drug-likeness (QED) is 0.842. The molecule has 1 aliphatic heterocycles. The molecule has 88 valence electrons. The first kappa shape index (κ1) is 11.4. The molecule has 3 heteroatoms. The third-order valence-corrected chi connectivity index (χ3v) is 3.35. The molecule has 0 aliphatic carbocycles. The van der Waals surface area contributed by atoms with Gasteiger partial charge in [-0.3, -0.25) is 4.98 Å². The molecule has 1 aliphatic rings. The van der Waals surface area contributed by atoms with Crippen LogP contribution in [-0.4, -0.2) is 30.7 Å². The molecule has 1 fully saturated rings. The maximum absolute atomic E-state index is 4.16. The summed E-state index contributed by atoms with van der Waals surface area (Å²) in [6.45, 7) is 7.71. The standard InChI is InChI=1S/C13H21N3/c1-3-16(12-5-4-7-14-10-12)13-6-8-15-9-11(13)2/h6,8-9,12,14H,3-5,7,10H2,1-2H3. The van der Waals surface area contributed by atoms with Crippen molar-refractivity contribution in [2.24, 2.45) is 0 Å². The predicted molar refractivity (Wildman–Crippen MR) is 67.9 cm³/mol. The second-order valence-electron chi connectivity index (χ2n) is 4.45. The van der Waals surface area contributed by atoms with Crippen molar-refractivity contribution in [1.29, 1.82) is 0 Å². The molecule has 16 heavy (non-hydrogen) atoms. The number of likely N-dealkylation sites (N-methyl/N-ethyl adjacent to an activating group) is 1. The predicted octanol–water partition coefficient (Wildman–Crippen LogP) is 1.97. The van der Waals surface area contributed by atoms with Gasteiger partial charge in [-0.25, -0.2) is 0 Å². The summed E-state index contributed by atoms with van der Waals surface area (Å²) in [5.41, 5.74) is 2.61. The van der Waals surface area contributed by atoms with E-state index in [0.717, 1.165) is 13.1 Å². The van der Waals surface area contributed by atoms with Gasteiger partial charge in [0.15, 0.2) is 0 Å². The Morgan fingerprint density at radius 2 is 2.44 bits per heavy atom. The second kappa shape index (κ2) is 5.30. The van der Waals surface area contributed by atoms with Crippen LogP contribution in [0.3, 0.4) is 0 Å². The van der Waals surface area contributed by atoms with Crippen LogP contribution >= 0.6 is 0 Å². The zero-order chi connectivity index (χ0) is 11.4. The first-order valence-corrected chi connectivity index (χ1v) is 6.21. The molecule has 2 heterocycles. The van der Waals surface area contributed by atoms with Crippen LogP contribution in [0.5, 0.6) is 0 Å². The number of piperidine rings is 1. The lowest BCUT2D eigenvalue weighted by Gasteiger charge is -2.36. The molecule has 0 saturated carbocycles. The summed E-state index contributed by atoms with van der Waals surface area (Å²) in [7, 11) is 0. The average Bonchev–Trinajstić information content (AvgIpc) is 2.34. The van der Waals surface area contributed by atoms with Crippen molar-refractivity contribution in [1.82, 2.24) is 10.3 Å². The van der Waals surface area contributed by atoms with Crippen molar-refractivity contribution in [2.75, 3.05) is 24.5 Å². The number of aromatic nitrogens is 1. The van der Waals surface area contributed by atoms with E-state index < -0.39 is 0 Å². The summed E-state index contributed by atoms with van der Waals surface area (Å²) in [6, 6.07) is 2.77. The molecule has 0 radical (unpaired) electrons. The van der Waals surface area contributed by atoms with Gasteiger partial charge in [-0.15, -0.1) is 0 Å². The molecule has 0 bridgehead atoms. The fraction of sp³-hybridized carbons (Fsp3) is 0.615. The van der Waals surface area contributed by atoms with Crippen LogP contribution in [0.25, 0.3) is 0 Å². The van der Waals surface area contributed by atoms with Gasteiger partial charge in [0.2, 0.25) is 0 Å². The molecule has 0 spiro atoms. The summed E-state index contributed by atoms with van der Waals surface area (Å²) in [4.78, 5) is 6.67. The molecular formula is C13H21N3. The Morgan fingerprint density at radius 1 is 1.56 bits per heavy atom. The van der Waals surface area contributed by atoms with Crippen molar-refractivity contribution in [3.63, 3.8) is 0 Å². The Morgan fingerprint density at radius 3 is 3.06 bits per heavy atom. The fourth-order valence-electron chi connectivity index (χ4n) is 2.51. The van der Waals surface area contributed by atoms with Crippen molar-refractivity contribution in [3.8, 4) is 0 Å².